The largest absolute Gasteiger partial charge is 0.377 e. The average Bonchev–Trinajstić information content (AvgIpc) is 2.32. The Hall–Kier alpha value is -0.940. The highest BCUT2D eigenvalue weighted by atomic mass is 16.5. The minimum atomic E-state index is 0.0136. The van der Waals surface area contributed by atoms with E-state index in [1.807, 2.05) is 20.8 Å². The van der Waals surface area contributed by atoms with Crippen molar-refractivity contribution in [3.63, 3.8) is 0 Å². The normalized spacial score (nSPS) is 10.7. The van der Waals surface area contributed by atoms with Crippen LogP contribution in [0, 0.1) is 5.92 Å². The van der Waals surface area contributed by atoms with Crippen LogP contribution < -0.4 is 5.32 Å². The van der Waals surface area contributed by atoms with Crippen molar-refractivity contribution in [1.29, 1.82) is 0 Å². The molecule has 0 radical (unpaired) electrons. The van der Waals surface area contributed by atoms with Gasteiger partial charge in [0.15, 0.2) is 5.78 Å². The van der Waals surface area contributed by atoms with Gasteiger partial charge in [0.1, 0.15) is 6.61 Å². The maximum Gasteiger partial charge on any atom is 0.220 e. The Balaban J connectivity index is 3.21. The van der Waals surface area contributed by atoms with Gasteiger partial charge in [-0.1, -0.05) is 20.8 Å². The molecule has 0 spiro atoms. The summed E-state index contributed by atoms with van der Waals surface area (Å²) in [5.74, 6) is 0.168. The van der Waals surface area contributed by atoms with Crippen LogP contribution in [0.3, 0.4) is 0 Å². The van der Waals surface area contributed by atoms with Gasteiger partial charge in [0.05, 0.1) is 19.8 Å². The third kappa shape index (κ3) is 10.2. The molecule has 0 aromatic rings. The van der Waals surface area contributed by atoms with E-state index in [9.17, 15) is 9.59 Å². The summed E-state index contributed by atoms with van der Waals surface area (Å²) in [6, 6.07) is 0. The van der Waals surface area contributed by atoms with Crippen LogP contribution in [0.15, 0.2) is 0 Å². The number of hydrogen-bond donors (Lipinski definition) is 1. The molecule has 1 amide bonds. The molecule has 0 rings (SSSR count). The van der Waals surface area contributed by atoms with Gasteiger partial charge in [-0.2, -0.15) is 0 Å². The van der Waals surface area contributed by atoms with Gasteiger partial charge in [-0.05, 0) is 6.42 Å². The molecule has 5 heteroatoms. The minimum Gasteiger partial charge on any atom is -0.377 e. The number of carbonyl (C=O) groups is 2. The second-order valence-corrected chi connectivity index (χ2v) is 4.39. The number of ketones is 1. The number of Topliss-reactive ketones (excluding diaryl/α,β-unsaturated/α-hetero) is 1. The van der Waals surface area contributed by atoms with Gasteiger partial charge in [-0.15, -0.1) is 0 Å². The van der Waals surface area contributed by atoms with Crippen molar-refractivity contribution in [2.75, 3.05) is 33.0 Å². The van der Waals surface area contributed by atoms with Gasteiger partial charge >= 0.3 is 0 Å². The highest BCUT2D eigenvalue weighted by molar-refractivity contribution is 5.81. The van der Waals surface area contributed by atoms with Gasteiger partial charge in [0, 0.05) is 18.9 Å². The summed E-state index contributed by atoms with van der Waals surface area (Å²) in [6.45, 7) is 7.64. The molecule has 0 aliphatic heterocycles. The first-order chi connectivity index (χ1) is 8.57. The molecule has 5 nitrogen and oxygen atoms in total. The van der Waals surface area contributed by atoms with Crippen LogP contribution in [0.1, 0.15) is 33.6 Å². The van der Waals surface area contributed by atoms with E-state index >= 15 is 0 Å². The van der Waals surface area contributed by atoms with Crippen molar-refractivity contribution in [2.45, 2.75) is 33.6 Å². The van der Waals surface area contributed by atoms with E-state index in [0.717, 1.165) is 6.42 Å². The van der Waals surface area contributed by atoms with Gasteiger partial charge in [0.2, 0.25) is 5.91 Å². The van der Waals surface area contributed by atoms with Crippen LogP contribution in [0.4, 0.5) is 0 Å². The smallest absolute Gasteiger partial charge is 0.220 e. The lowest BCUT2D eigenvalue weighted by atomic mass is 10.1. The van der Waals surface area contributed by atoms with Crippen molar-refractivity contribution in [2.24, 2.45) is 5.92 Å². The van der Waals surface area contributed by atoms with Gasteiger partial charge in [-0.25, -0.2) is 0 Å². The molecule has 0 bridgehead atoms. The van der Waals surface area contributed by atoms with Crippen molar-refractivity contribution in [3.05, 3.63) is 0 Å². The third-order valence-electron chi connectivity index (χ3n) is 2.31. The number of nitrogens with one attached hydrogen (secondary N) is 1. The molecule has 0 saturated heterocycles. The lowest BCUT2D eigenvalue weighted by Crippen LogP contribution is -2.27. The molecule has 0 aromatic heterocycles. The zero-order valence-corrected chi connectivity index (χ0v) is 11.7. The number of carbonyl (C=O) groups excluding carboxylic acids is 2. The molecular formula is C13H25NO4. The number of hydrogen-bond acceptors (Lipinski definition) is 4. The first-order valence-corrected chi connectivity index (χ1v) is 6.52. The van der Waals surface area contributed by atoms with Crippen molar-refractivity contribution >= 4 is 11.7 Å². The fraction of sp³-hybridized carbons (Fsp3) is 0.846. The summed E-state index contributed by atoms with van der Waals surface area (Å²) >= 11 is 0. The van der Waals surface area contributed by atoms with Crippen LogP contribution in [0.5, 0.6) is 0 Å². The molecule has 0 heterocycles. The van der Waals surface area contributed by atoms with Gasteiger partial charge in [0.25, 0.3) is 0 Å². The van der Waals surface area contributed by atoms with E-state index in [2.05, 4.69) is 5.32 Å². The lowest BCUT2D eigenvalue weighted by molar-refractivity contribution is -0.127. The van der Waals surface area contributed by atoms with Crippen LogP contribution in [0.2, 0.25) is 0 Å². The zero-order chi connectivity index (χ0) is 13.8. The quantitative estimate of drug-likeness (QED) is 0.566. The first kappa shape index (κ1) is 17.1. The molecule has 106 valence electrons. The van der Waals surface area contributed by atoms with E-state index in [0.29, 0.717) is 32.8 Å². The Bertz CT molecular complexity index is 241. The van der Waals surface area contributed by atoms with Crippen LogP contribution in [-0.2, 0) is 19.1 Å². The van der Waals surface area contributed by atoms with Gasteiger partial charge in [-0.3, -0.25) is 9.59 Å². The fourth-order valence-electron chi connectivity index (χ4n) is 1.14. The van der Waals surface area contributed by atoms with Crippen molar-refractivity contribution < 1.29 is 19.1 Å². The molecule has 1 N–H and O–H groups in total. The van der Waals surface area contributed by atoms with E-state index in [4.69, 9.17) is 9.47 Å². The lowest BCUT2D eigenvalue weighted by Gasteiger charge is -2.07. The SMILES string of the molecule is CCCC(=O)NCCOCCOCC(=O)C(C)C. The minimum absolute atomic E-state index is 0.0136. The highest BCUT2D eigenvalue weighted by Gasteiger charge is 2.06. The van der Waals surface area contributed by atoms with Crippen LogP contribution in [0.25, 0.3) is 0 Å². The molecule has 0 aromatic carbocycles. The molecule has 0 unspecified atom stereocenters. The Labute approximate surface area is 109 Å². The van der Waals surface area contributed by atoms with E-state index in [-0.39, 0.29) is 24.2 Å². The van der Waals surface area contributed by atoms with Crippen molar-refractivity contribution in [1.82, 2.24) is 5.32 Å². The fourth-order valence-corrected chi connectivity index (χ4v) is 1.14. The number of ether oxygens (including phenoxy) is 2. The van der Waals surface area contributed by atoms with Crippen LogP contribution >= 0.6 is 0 Å². The molecule has 0 saturated carbocycles. The maximum absolute atomic E-state index is 11.2. The molecule has 0 fully saturated rings. The molecule has 0 aliphatic carbocycles. The zero-order valence-electron chi connectivity index (χ0n) is 11.7. The Morgan fingerprint density at radius 3 is 2.39 bits per heavy atom. The Morgan fingerprint density at radius 2 is 1.78 bits per heavy atom. The van der Waals surface area contributed by atoms with Crippen LogP contribution in [-0.4, -0.2) is 44.7 Å². The summed E-state index contributed by atoms with van der Waals surface area (Å²) < 4.78 is 10.4. The standard InChI is InChI=1S/C13H25NO4/c1-4-5-13(16)14-6-7-17-8-9-18-10-12(15)11(2)3/h11H,4-10H2,1-3H3,(H,14,16). The van der Waals surface area contributed by atoms with E-state index in [1.165, 1.54) is 0 Å². The summed E-state index contributed by atoms with van der Waals surface area (Å²) in [4.78, 5) is 22.3. The second kappa shape index (κ2) is 11.2. The maximum atomic E-state index is 11.2. The molecule has 0 aliphatic rings. The molecule has 18 heavy (non-hydrogen) atoms. The summed E-state index contributed by atoms with van der Waals surface area (Å²) in [5.41, 5.74) is 0. The topological polar surface area (TPSA) is 64.6 Å². The van der Waals surface area contributed by atoms with Crippen molar-refractivity contribution in [3.8, 4) is 0 Å². The van der Waals surface area contributed by atoms with Gasteiger partial charge < -0.3 is 14.8 Å². The second-order valence-electron chi connectivity index (χ2n) is 4.39. The highest BCUT2D eigenvalue weighted by Crippen LogP contribution is 1.94. The predicted molar refractivity (Wildman–Crippen MR) is 69.4 cm³/mol. The Morgan fingerprint density at radius 1 is 1.11 bits per heavy atom. The summed E-state index contributed by atoms with van der Waals surface area (Å²) in [5, 5.41) is 2.75. The molecule has 0 atom stereocenters. The first-order valence-electron chi connectivity index (χ1n) is 6.52. The summed E-state index contributed by atoms with van der Waals surface area (Å²) in [6.07, 6.45) is 1.41. The Kier molecular flexibility index (Phi) is 10.6. The van der Waals surface area contributed by atoms with E-state index in [1.54, 1.807) is 0 Å². The average molecular weight is 259 g/mol. The third-order valence-corrected chi connectivity index (χ3v) is 2.31. The number of rotatable bonds is 11. The van der Waals surface area contributed by atoms with E-state index < -0.39 is 0 Å². The monoisotopic (exact) mass is 259 g/mol. The summed E-state index contributed by atoms with van der Waals surface area (Å²) in [7, 11) is 0. The number of amides is 1. The molecular weight excluding hydrogens is 234 g/mol. The predicted octanol–water partition coefficient (Wildman–Crippen LogP) is 1.16.